The van der Waals surface area contributed by atoms with E-state index in [0.717, 1.165) is 24.5 Å². The average Bonchev–Trinajstić information content (AvgIpc) is 3.31. The topological polar surface area (TPSA) is 127 Å². The smallest absolute Gasteiger partial charge is 0.261 e. The van der Waals surface area contributed by atoms with Crippen LogP contribution in [-0.2, 0) is 4.79 Å². The lowest BCUT2D eigenvalue weighted by molar-refractivity contribution is -0.112. The molecule has 1 saturated carbocycles. The molecule has 0 radical (unpaired) electrons. The number of aliphatic imine (C=N–C) groups is 1. The Hall–Kier alpha value is -3.57. The Morgan fingerprint density at radius 2 is 2.03 bits per heavy atom. The molecule has 0 aromatic heterocycles. The van der Waals surface area contributed by atoms with Gasteiger partial charge in [0.15, 0.2) is 0 Å². The van der Waals surface area contributed by atoms with Crippen molar-refractivity contribution >= 4 is 29.0 Å². The lowest BCUT2D eigenvalue weighted by Gasteiger charge is -2.18. The van der Waals surface area contributed by atoms with Crippen LogP contribution in [0, 0.1) is 23.1 Å². The van der Waals surface area contributed by atoms with Crippen LogP contribution < -0.4 is 21.5 Å². The summed E-state index contributed by atoms with van der Waals surface area (Å²) in [6, 6.07) is 11.4. The predicted octanol–water partition coefficient (Wildman–Crippen LogP) is 4.08. The maximum atomic E-state index is 13.4. The number of rotatable bonds is 6. The van der Waals surface area contributed by atoms with Crippen molar-refractivity contribution in [2.45, 2.75) is 25.2 Å². The summed E-state index contributed by atoms with van der Waals surface area (Å²) in [6.45, 7) is 0. The number of hydrogen-bond donors (Lipinski definition) is 3. The van der Waals surface area contributed by atoms with E-state index in [1.807, 2.05) is 6.07 Å². The van der Waals surface area contributed by atoms with Crippen LogP contribution >= 0.6 is 11.6 Å². The number of anilines is 1. The van der Waals surface area contributed by atoms with E-state index in [-0.39, 0.29) is 28.3 Å². The van der Waals surface area contributed by atoms with Crippen LogP contribution in [0.2, 0.25) is 5.02 Å². The minimum absolute atomic E-state index is 0.0117. The van der Waals surface area contributed by atoms with Gasteiger partial charge in [-0.2, -0.15) is 5.26 Å². The fourth-order valence-corrected chi connectivity index (χ4v) is 4.32. The second-order valence-corrected chi connectivity index (χ2v) is 8.20. The normalized spacial score (nSPS) is 18.9. The number of nitriles is 1. The summed E-state index contributed by atoms with van der Waals surface area (Å²) in [4.78, 5) is 17.0. The van der Waals surface area contributed by atoms with Gasteiger partial charge in [-0.05, 0) is 67.0 Å². The van der Waals surface area contributed by atoms with Crippen LogP contribution in [0.5, 0.6) is 5.75 Å². The molecule has 0 heterocycles. The fourth-order valence-electron chi connectivity index (χ4n) is 4.14. The van der Waals surface area contributed by atoms with Gasteiger partial charge in [-0.3, -0.25) is 9.79 Å². The molecule has 2 unspecified atom stereocenters. The van der Waals surface area contributed by atoms with E-state index in [9.17, 15) is 9.18 Å². The van der Waals surface area contributed by atoms with Crippen molar-refractivity contribution in [1.82, 2.24) is 0 Å². The van der Waals surface area contributed by atoms with Gasteiger partial charge in [-0.15, -0.1) is 0 Å². The molecular weight excluding hydrogens is 445 g/mol. The Morgan fingerprint density at radius 1 is 1.27 bits per heavy atom. The molecule has 0 bridgehead atoms. The first-order valence-corrected chi connectivity index (χ1v) is 10.7. The monoisotopic (exact) mass is 469 g/mol. The number of nitrogens with two attached hydrogens (primary N) is 2. The van der Waals surface area contributed by atoms with Gasteiger partial charge < -0.3 is 21.5 Å². The fraction of sp³-hybridized carbons (Fsp3) is 0.292. The highest BCUT2D eigenvalue weighted by Gasteiger charge is 2.32. The number of ether oxygens (including phenoxy) is 1. The molecule has 0 aliphatic heterocycles. The van der Waals surface area contributed by atoms with Crippen LogP contribution in [0.3, 0.4) is 0 Å². The second-order valence-electron chi connectivity index (χ2n) is 7.80. The SMILES string of the molecule is CN=C(N)/C(C(=O)Nc1ccc(F)c(Cl)c1)=C(\N)C1CCC(c2ccc(C#N)cc2OC)C1. The lowest BCUT2D eigenvalue weighted by atomic mass is 9.92. The third-order valence-corrected chi connectivity index (χ3v) is 6.15. The summed E-state index contributed by atoms with van der Waals surface area (Å²) < 4.78 is 18.9. The summed E-state index contributed by atoms with van der Waals surface area (Å²) in [5, 5.41) is 11.7. The number of nitrogens with one attached hydrogen (secondary N) is 1. The Labute approximate surface area is 196 Å². The van der Waals surface area contributed by atoms with Gasteiger partial charge in [0.25, 0.3) is 5.91 Å². The highest BCUT2D eigenvalue weighted by Crippen LogP contribution is 2.44. The number of nitrogens with zero attached hydrogens (tertiary/aromatic N) is 2. The number of hydrogen-bond acceptors (Lipinski definition) is 5. The molecule has 33 heavy (non-hydrogen) atoms. The Bertz CT molecular complexity index is 1170. The minimum Gasteiger partial charge on any atom is -0.496 e. The minimum atomic E-state index is -0.588. The van der Waals surface area contributed by atoms with E-state index in [2.05, 4.69) is 16.4 Å². The number of halogens is 2. The molecule has 2 aromatic carbocycles. The van der Waals surface area contributed by atoms with E-state index < -0.39 is 11.7 Å². The Balaban J connectivity index is 1.87. The lowest BCUT2D eigenvalue weighted by Crippen LogP contribution is -2.31. The standard InChI is InChI=1S/C24H25ClFN5O2/c1-30-23(29)21(24(32)31-16-6-8-19(26)18(25)11-16)22(28)15-5-4-14(10-15)17-7-3-13(12-27)9-20(17)33-2/h3,6-9,11,14-15H,4-5,10,28H2,1-2H3,(H2,29,30)(H,31,32)/b22-21+. The maximum absolute atomic E-state index is 13.4. The largest absolute Gasteiger partial charge is 0.496 e. The van der Waals surface area contributed by atoms with Crippen molar-refractivity contribution < 1.29 is 13.9 Å². The van der Waals surface area contributed by atoms with Crippen molar-refractivity contribution in [2.24, 2.45) is 22.4 Å². The molecule has 0 saturated heterocycles. The van der Waals surface area contributed by atoms with Gasteiger partial charge in [0, 0.05) is 18.4 Å². The van der Waals surface area contributed by atoms with Crippen molar-refractivity contribution in [1.29, 1.82) is 5.26 Å². The van der Waals surface area contributed by atoms with E-state index in [4.69, 9.17) is 33.1 Å². The zero-order chi connectivity index (χ0) is 24.1. The third kappa shape index (κ3) is 5.26. The average molecular weight is 470 g/mol. The number of carbonyl (C=O) groups is 1. The summed E-state index contributed by atoms with van der Waals surface area (Å²) in [5.41, 5.74) is 14.8. The molecule has 172 valence electrons. The van der Waals surface area contributed by atoms with E-state index in [1.54, 1.807) is 19.2 Å². The summed E-state index contributed by atoms with van der Waals surface area (Å²) in [7, 11) is 3.05. The van der Waals surface area contributed by atoms with Crippen LogP contribution in [0.1, 0.15) is 36.3 Å². The second kappa shape index (κ2) is 10.4. The number of allylic oxidation sites excluding steroid dienone is 1. The van der Waals surface area contributed by atoms with Crippen molar-refractivity contribution in [3.63, 3.8) is 0 Å². The molecule has 1 fully saturated rings. The molecular formula is C24H25ClFN5O2. The first-order valence-electron chi connectivity index (χ1n) is 10.4. The zero-order valence-corrected chi connectivity index (χ0v) is 19.1. The van der Waals surface area contributed by atoms with Crippen LogP contribution in [0.15, 0.2) is 52.7 Å². The van der Waals surface area contributed by atoms with Gasteiger partial charge in [-0.25, -0.2) is 4.39 Å². The maximum Gasteiger partial charge on any atom is 0.261 e. The van der Waals surface area contributed by atoms with Gasteiger partial charge >= 0.3 is 0 Å². The highest BCUT2D eigenvalue weighted by atomic mass is 35.5. The molecule has 5 N–H and O–H groups in total. The number of benzene rings is 2. The first kappa shape index (κ1) is 24.1. The molecule has 3 rings (SSSR count). The zero-order valence-electron chi connectivity index (χ0n) is 18.4. The van der Waals surface area contributed by atoms with E-state index >= 15 is 0 Å². The van der Waals surface area contributed by atoms with Crippen LogP contribution in [0.25, 0.3) is 0 Å². The summed E-state index contributed by atoms with van der Waals surface area (Å²) in [5.74, 6) is -0.419. The van der Waals surface area contributed by atoms with Crippen molar-refractivity contribution in [3.8, 4) is 11.8 Å². The number of amides is 1. The molecule has 0 spiro atoms. The quantitative estimate of drug-likeness (QED) is 0.333. The first-order chi connectivity index (χ1) is 15.8. The van der Waals surface area contributed by atoms with Gasteiger partial charge in [-0.1, -0.05) is 17.7 Å². The molecule has 2 atom stereocenters. The molecule has 2 aromatic rings. The number of carbonyl (C=O) groups excluding carboxylic acids is 1. The Kier molecular flexibility index (Phi) is 7.56. The highest BCUT2D eigenvalue weighted by molar-refractivity contribution is 6.31. The number of amidine groups is 1. The van der Waals surface area contributed by atoms with Crippen LogP contribution in [-0.4, -0.2) is 25.9 Å². The van der Waals surface area contributed by atoms with E-state index in [1.165, 1.54) is 19.2 Å². The third-order valence-electron chi connectivity index (χ3n) is 5.87. The molecule has 1 amide bonds. The summed E-state index contributed by atoms with van der Waals surface area (Å²) in [6.07, 6.45) is 2.26. The Morgan fingerprint density at radius 3 is 2.67 bits per heavy atom. The van der Waals surface area contributed by atoms with Gasteiger partial charge in [0.05, 0.1) is 23.8 Å². The number of methoxy groups -OCH3 is 1. The van der Waals surface area contributed by atoms with Crippen molar-refractivity contribution in [2.75, 3.05) is 19.5 Å². The van der Waals surface area contributed by atoms with E-state index in [0.29, 0.717) is 29.1 Å². The molecule has 1 aliphatic carbocycles. The molecule has 1 aliphatic rings. The van der Waals surface area contributed by atoms with Gasteiger partial charge in [0.2, 0.25) is 0 Å². The summed E-state index contributed by atoms with van der Waals surface area (Å²) >= 11 is 5.81. The van der Waals surface area contributed by atoms with Crippen molar-refractivity contribution in [3.05, 3.63) is 69.6 Å². The predicted molar refractivity (Wildman–Crippen MR) is 127 cm³/mol. The van der Waals surface area contributed by atoms with Crippen LogP contribution in [0.4, 0.5) is 10.1 Å². The molecule has 7 nitrogen and oxygen atoms in total. The molecule has 9 heteroatoms. The van der Waals surface area contributed by atoms with Gasteiger partial charge in [0.1, 0.15) is 23.0 Å².